The lowest BCUT2D eigenvalue weighted by Crippen LogP contribution is -2.10. The second kappa shape index (κ2) is 14.5. The summed E-state index contributed by atoms with van der Waals surface area (Å²) in [6.07, 6.45) is 0. The summed E-state index contributed by atoms with van der Waals surface area (Å²) < 4.78 is 20.3. The standard InChI is InChI=1S/C60H37NO3/c1-3-14-38(15-4-1)40-26-30-42(31-27-40)61(43-32-28-41(29-33-43)39-16-5-2-6-17-39)51-37-36-47(60-58(51)50-20-9-12-24-54(50)64-60)46-35-34-45(57-49-19-8-11-23-53(49)63-59(46)57)44-21-13-25-55-56(44)48-18-7-10-22-52(48)62-55/h1-37H. The summed E-state index contributed by atoms with van der Waals surface area (Å²) in [6, 6.07) is 79.0. The van der Waals surface area contributed by atoms with Crippen LogP contribution in [-0.2, 0) is 0 Å². The largest absolute Gasteiger partial charge is 0.456 e. The number of hydrogen-bond donors (Lipinski definition) is 0. The molecular formula is C60H37NO3. The van der Waals surface area contributed by atoms with Gasteiger partial charge in [0.25, 0.3) is 0 Å². The van der Waals surface area contributed by atoms with E-state index in [-0.39, 0.29) is 0 Å². The fourth-order valence-electron chi connectivity index (χ4n) is 9.77. The Hall–Kier alpha value is -8.60. The Morgan fingerprint density at radius 1 is 0.250 bits per heavy atom. The van der Waals surface area contributed by atoms with E-state index in [0.29, 0.717) is 0 Å². The third-order valence-corrected chi connectivity index (χ3v) is 12.7. The van der Waals surface area contributed by atoms with E-state index < -0.39 is 0 Å². The van der Waals surface area contributed by atoms with E-state index in [2.05, 4.69) is 205 Å². The van der Waals surface area contributed by atoms with Crippen molar-refractivity contribution >= 4 is 82.9 Å². The lowest BCUT2D eigenvalue weighted by atomic mass is 9.91. The first kappa shape index (κ1) is 36.1. The van der Waals surface area contributed by atoms with E-state index in [1.807, 2.05) is 24.3 Å². The van der Waals surface area contributed by atoms with Crippen LogP contribution in [0.2, 0.25) is 0 Å². The molecule has 0 saturated heterocycles. The molecule has 0 radical (unpaired) electrons. The van der Waals surface area contributed by atoms with Crippen LogP contribution in [0.15, 0.2) is 238 Å². The first-order chi connectivity index (χ1) is 31.7. The highest BCUT2D eigenvalue weighted by atomic mass is 16.3. The second-order valence-corrected chi connectivity index (χ2v) is 16.3. The van der Waals surface area contributed by atoms with Gasteiger partial charge in [-0.05, 0) is 100 Å². The minimum absolute atomic E-state index is 0.794. The summed E-state index contributed by atoms with van der Waals surface area (Å²) in [5, 5.41) is 6.35. The van der Waals surface area contributed by atoms with Crippen molar-refractivity contribution in [2.45, 2.75) is 0 Å². The molecule has 0 N–H and O–H groups in total. The van der Waals surface area contributed by atoms with Crippen LogP contribution in [0.5, 0.6) is 0 Å². The van der Waals surface area contributed by atoms with Gasteiger partial charge in [0.1, 0.15) is 33.5 Å². The molecule has 64 heavy (non-hydrogen) atoms. The van der Waals surface area contributed by atoms with Crippen LogP contribution < -0.4 is 4.90 Å². The Kier molecular flexibility index (Phi) is 8.18. The number of furan rings is 3. The number of rotatable bonds is 7. The Morgan fingerprint density at radius 3 is 1.23 bits per heavy atom. The first-order valence-corrected chi connectivity index (χ1v) is 21.7. The molecule has 0 atom stereocenters. The highest BCUT2D eigenvalue weighted by Gasteiger charge is 2.26. The van der Waals surface area contributed by atoms with Crippen LogP contribution >= 0.6 is 0 Å². The summed E-state index contributed by atoms with van der Waals surface area (Å²) in [4.78, 5) is 2.35. The molecule has 0 aliphatic carbocycles. The normalized spacial score (nSPS) is 11.8. The zero-order valence-corrected chi connectivity index (χ0v) is 34.5. The SMILES string of the molecule is c1ccc(-c2ccc(N(c3ccc(-c4ccccc4)cc3)c3ccc(-c4ccc(-c5cccc6oc7ccccc7c56)c5c4oc4ccccc45)c4oc5ccccc5c34)cc2)cc1. The van der Waals surface area contributed by atoms with Crippen molar-refractivity contribution in [2.75, 3.05) is 4.90 Å². The molecule has 13 aromatic rings. The molecule has 4 heteroatoms. The Bertz CT molecular complexity index is 3790. The van der Waals surface area contributed by atoms with Crippen molar-refractivity contribution in [3.63, 3.8) is 0 Å². The number of para-hydroxylation sites is 3. The van der Waals surface area contributed by atoms with Gasteiger partial charge in [-0.3, -0.25) is 0 Å². The Labute approximate surface area is 368 Å². The zero-order chi connectivity index (χ0) is 42.1. The molecule has 0 fully saturated rings. The molecule has 0 amide bonds. The van der Waals surface area contributed by atoms with Crippen molar-refractivity contribution in [3.05, 3.63) is 224 Å². The van der Waals surface area contributed by atoms with E-state index in [4.69, 9.17) is 13.3 Å². The maximum Gasteiger partial charge on any atom is 0.145 e. The van der Waals surface area contributed by atoms with E-state index in [1.54, 1.807) is 0 Å². The summed E-state index contributed by atoms with van der Waals surface area (Å²) >= 11 is 0. The van der Waals surface area contributed by atoms with Crippen molar-refractivity contribution in [1.29, 1.82) is 0 Å². The van der Waals surface area contributed by atoms with Crippen LogP contribution in [-0.4, -0.2) is 0 Å². The third kappa shape index (κ3) is 5.70. The average molecular weight is 820 g/mol. The molecule has 3 aromatic heterocycles. The van der Waals surface area contributed by atoms with Crippen molar-refractivity contribution in [1.82, 2.24) is 0 Å². The molecule has 3 heterocycles. The van der Waals surface area contributed by atoms with Gasteiger partial charge in [0.15, 0.2) is 0 Å². The van der Waals surface area contributed by atoms with Gasteiger partial charge in [0, 0.05) is 49.4 Å². The van der Waals surface area contributed by atoms with Gasteiger partial charge in [-0.25, -0.2) is 0 Å². The summed E-state index contributed by atoms with van der Waals surface area (Å²) in [7, 11) is 0. The number of hydrogen-bond acceptors (Lipinski definition) is 4. The predicted octanol–water partition coefficient (Wildman–Crippen LogP) is 17.5. The highest BCUT2D eigenvalue weighted by molar-refractivity contribution is 6.24. The molecule has 10 aromatic carbocycles. The number of anilines is 3. The van der Waals surface area contributed by atoms with Gasteiger partial charge in [-0.1, -0.05) is 158 Å². The number of benzene rings is 10. The van der Waals surface area contributed by atoms with Gasteiger partial charge < -0.3 is 18.2 Å². The smallest absolute Gasteiger partial charge is 0.145 e. The van der Waals surface area contributed by atoms with E-state index in [0.717, 1.165) is 116 Å². The molecule has 0 saturated carbocycles. The van der Waals surface area contributed by atoms with Crippen molar-refractivity contribution in [2.24, 2.45) is 0 Å². The van der Waals surface area contributed by atoms with Gasteiger partial charge in [-0.15, -0.1) is 0 Å². The molecular weight excluding hydrogens is 783 g/mol. The molecule has 0 aliphatic heterocycles. The minimum atomic E-state index is 0.794. The van der Waals surface area contributed by atoms with Gasteiger partial charge in [0.05, 0.1) is 11.1 Å². The lowest BCUT2D eigenvalue weighted by Gasteiger charge is -2.27. The van der Waals surface area contributed by atoms with Crippen molar-refractivity contribution < 1.29 is 13.3 Å². The highest BCUT2D eigenvalue weighted by Crippen LogP contribution is 2.50. The second-order valence-electron chi connectivity index (χ2n) is 16.3. The molecule has 0 aliphatic rings. The predicted molar refractivity (Wildman–Crippen MR) is 265 cm³/mol. The molecule has 13 rings (SSSR count). The van der Waals surface area contributed by atoms with Crippen molar-refractivity contribution in [3.8, 4) is 44.5 Å². The topological polar surface area (TPSA) is 42.7 Å². The Balaban J connectivity index is 1.04. The minimum Gasteiger partial charge on any atom is -0.456 e. The molecule has 0 bridgehead atoms. The maximum absolute atomic E-state index is 7.01. The van der Waals surface area contributed by atoms with Crippen LogP contribution in [0.3, 0.4) is 0 Å². The monoisotopic (exact) mass is 819 g/mol. The number of nitrogens with zero attached hydrogens (tertiary/aromatic N) is 1. The van der Waals surface area contributed by atoms with Crippen LogP contribution in [0.1, 0.15) is 0 Å². The van der Waals surface area contributed by atoms with Gasteiger partial charge in [0.2, 0.25) is 0 Å². The van der Waals surface area contributed by atoms with Gasteiger partial charge >= 0.3 is 0 Å². The van der Waals surface area contributed by atoms with Gasteiger partial charge in [-0.2, -0.15) is 0 Å². The average Bonchev–Trinajstić information content (AvgIpc) is 4.07. The molecule has 300 valence electrons. The van der Waals surface area contributed by atoms with Crippen LogP contribution in [0, 0.1) is 0 Å². The third-order valence-electron chi connectivity index (χ3n) is 12.7. The van der Waals surface area contributed by atoms with Crippen LogP contribution in [0.4, 0.5) is 17.1 Å². The summed E-state index contributed by atoms with van der Waals surface area (Å²) in [6.45, 7) is 0. The van der Waals surface area contributed by atoms with E-state index in [1.165, 1.54) is 11.1 Å². The fourth-order valence-corrected chi connectivity index (χ4v) is 9.77. The molecule has 0 unspecified atom stereocenters. The first-order valence-electron chi connectivity index (χ1n) is 21.7. The quantitative estimate of drug-likeness (QED) is 0.161. The zero-order valence-electron chi connectivity index (χ0n) is 34.5. The number of fused-ring (bicyclic) bond motifs is 9. The molecule has 0 spiro atoms. The summed E-state index contributed by atoms with van der Waals surface area (Å²) in [5.74, 6) is 0. The fraction of sp³-hybridized carbons (Fsp3) is 0. The Morgan fingerprint density at radius 2 is 0.656 bits per heavy atom. The van der Waals surface area contributed by atoms with E-state index in [9.17, 15) is 0 Å². The molecule has 4 nitrogen and oxygen atoms in total. The lowest BCUT2D eigenvalue weighted by molar-refractivity contribution is 0.665. The van der Waals surface area contributed by atoms with E-state index >= 15 is 0 Å². The summed E-state index contributed by atoms with van der Waals surface area (Å²) in [5.41, 5.74) is 16.9. The van der Waals surface area contributed by atoms with Crippen LogP contribution in [0.25, 0.3) is 110 Å². The maximum atomic E-state index is 7.01.